The van der Waals surface area contributed by atoms with Crippen LogP contribution in [0.15, 0.2) is 34.0 Å². The molecule has 0 spiro atoms. The molecule has 0 saturated carbocycles. The molecule has 1 amide bonds. The van der Waals surface area contributed by atoms with Crippen LogP contribution in [-0.4, -0.2) is 135 Å². The summed E-state index contributed by atoms with van der Waals surface area (Å²) in [6, 6.07) is -1.13. The number of Topliss-reactive ketones (excluding diaryl/α,β-unsaturated/α-hetero) is 2. The summed E-state index contributed by atoms with van der Waals surface area (Å²) >= 11 is -1.86. The van der Waals surface area contributed by atoms with Crippen molar-refractivity contribution in [1.82, 2.24) is 4.90 Å². The molecule has 0 aliphatic carbocycles. The van der Waals surface area contributed by atoms with Gasteiger partial charge in [-0.05, 0) is 6.42 Å². The first-order valence-electron chi connectivity index (χ1n) is 20.5. The number of hydrogen-bond acceptors (Lipinski definition) is 12. The van der Waals surface area contributed by atoms with E-state index in [1.54, 1.807) is 27.0 Å². The molecule has 4 aliphatic heterocycles. The van der Waals surface area contributed by atoms with Gasteiger partial charge in [-0.2, -0.15) is 0 Å². The van der Waals surface area contributed by atoms with Crippen LogP contribution in [0.2, 0.25) is 0 Å². The molecule has 4 rings (SSSR count). The Balaban J connectivity index is 1.78. The third kappa shape index (κ3) is 11.6. The Morgan fingerprint density at radius 2 is 1.65 bits per heavy atom. The molecule has 4 heterocycles. The molecule has 13 nitrogen and oxygen atoms in total. The van der Waals surface area contributed by atoms with E-state index < -0.39 is 104 Å². The predicted molar refractivity (Wildman–Crippen MR) is 224 cm³/mol. The topological polar surface area (TPSA) is 178 Å². The number of aliphatic hydroxyl groups is 3. The van der Waals surface area contributed by atoms with E-state index in [-0.39, 0.29) is 43.6 Å². The van der Waals surface area contributed by atoms with E-state index in [9.17, 15) is 34.5 Å². The molecule has 0 aromatic carbocycles. The molecule has 4 aliphatic rings. The Hall–Kier alpha value is -2.05. The maximum absolute atomic E-state index is 14.3. The second-order valence-corrected chi connectivity index (χ2v) is 22.2. The van der Waals surface area contributed by atoms with Gasteiger partial charge in [0, 0.05) is 14.2 Å². The molecule has 13 atom stereocenters. The number of halogens is 1. The maximum atomic E-state index is 14.3. The van der Waals surface area contributed by atoms with Gasteiger partial charge >= 0.3 is 298 Å². The molecule has 0 aromatic heterocycles. The van der Waals surface area contributed by atoms with Crippen molar-refractivity contribution >= 4 is 43.3 Å². The number of aliphatic hydroxyl groups excluding tert-OH is 2. The first-order chi connectivity index (χ1) is 27.0. The molecule has 0 aromatic rings. The number of allylic oxidation sites excluding steroid dienone is 3. The van der Waals surface area contributed by atoms with Crippen LogP contribution in [0.1, 0.15) is 92.4 Å². The molecule has 14 heteroatoms. The Kier molecular flexibility index (Phi) is 17.9. The number of ether oxygens (including phenoxy) is 5. The first kappa shape index (κ1) is 47.6. The van der Waals surface area contributed by atoms with Crippen LogP contribution < -0.4 is 0 Å². The van der Waals surface area contributed by atoms with Crippen molar-refractivity contribution in [3.63, 3.8) is 0 Å². The van der Waals surface area contributed by atoms with Gasteiger partial charge in [0.2, 0.25) is 0 Å². The zero-order valence-electron chi connectivity index (χ0n) is 35.2. The number of piperidine rings is 1. The van der Waals surface area contributed by atoms with Gasteiger partial charge in [0.15, 0.2) is 0 Å². The molecule has 324 valence electrons. The van der Waals surface area contributed by atoms with Crippen molar-refractivity contribution in [3.05, 3.63) is 34.0 Å². The van der Waals surface area contributed by atoms with Crippen LogP contribution in [0.4, 0.5) is 0 Å². The van der Waals surface area contributed by atoms with Gasteiger partial charge < -0.3 is 9.47 Å². The zero-order chi connectivity index (χ0) is 42.2. The van der Waals surface area contributed by atoms with Gasteiger partial charge in [-0.25, -0.2) is 0 Å². The number of cyclic esters (lactones) is 1. The van der Waals surface area contributed by atoms with E-state index >= 15 is 0 Å². The van der Waals surface area contributed by atoms with E-state index in [4.69, 9.17) is 23.7 Å². The number of carbonyl (C=O) groups excluding carboxylic acids is 4. The van der Waals surface area contributed by atoms with Crippen molar-refractivity contribution in [3.8, 4) is 0 Å². The van der Waals surface area contributed by atoms with Gasteiger partial charge in [0.1, 0.15) is 0 Å². The summed E-state index contributed by atoms with van der Waals surface area (Å²) in [6.45, 7) is 13.2. The van der Waals surface area contributed by atoms with Crippen molar-refractivity contribution < 1.29 is 58.2 Å². The number of rotatable bonds is 7. The number of ketones is 2. The summed E-state index contributed by atoms with van der Waals surface area (Å²) < 4.78 is 33.5. The van der Waals surface area contributed by atoms with E-state index in [0.29, 0.717) is 43.0 Å². The minimum Gasteiger partial charge on any atom is -0.379 e. The monoisotopic (exact) mass is 917 g/mol. The van der Waals surface area contributed by atoms with Crippen molar-refractivity contribution in [2.24, 2.45) is 23.7 Å². The molecule has 0 radical (unpaired) electrons. The first-order valence-corrected chi connectivity index (χ1v) is 24.8. The van der Waals surface area contributed by atoms with Crippen LogP contribution in [0.3, 0.4) is 0 Å². The van der Waals surface area contributed by atoms with Gasteiger partial charge in [0.25, 0.3) is 0 Å². The number of alkyl halides is 2. The fraction of sp³-hybridized carbons (Fsp3) is 0.767. The summed E-state index contributed by atoms with van der Waals surface area (Å²) in [5.74, 6) is -7.66. The number of amides is 1. The summed E-state index contributed by atoms with van der Waals surface area (Å²) in [4.78, 5) is 57.9. The quantitative estimate of drug-likeness (QED) is 0.106. The van der Waals surface area contributed by atoms with E-state index in [1.807, 2.05) is 26.8 Å². The second-order valence-electron chi connectivity index (χ2n) is 16.8. The van der Waals surface area contributed by atoms with Gasteiger partial charge in [0.05, 0.1) is 12.2 Å². The average Bonchev–Trinajstić information content (AvgIpc) is 3.18. The smallest absolute Gasteiger partial charge is 0.379 e. The number of carbonyl (C=O) groups is 4. The van der Waals surface area contributed by atoms with Gasteiger partial charge in [-0.3, -0.25) is 0 Å². The van der Waals surface area contributed by atoms with Crippen LogP contribution in [0, 0.1) is 23.7 Å². The van der Waals surface area contributed by atoms with E-state index in [1.165, 1.54) is 19.1 Å². The molecule has 2 bridgehead atoms. The zero-order valence-corrected chi connectivity index (χ0v) is 37.4. The summed E-state index contributed by atoms with van der Waals surface area (Å²) in [5.41, 5.74) is 1.68. The SMILES string of the molecule is C=CC[C@@H]1/C=C(\C)C[C@H](C)C[C@H](OC)[C@H]2O[C@@](O)(C(=O)C(=O)N3CCCC[C@H]3C(=O)O[C@H](/C(C)=C/I3CC[C@@H](O)[C@H](OC)C3)[C@H](C)[C@@H](O)CC1=O)[C@H](C)C[C@@H]2OC. The number of fused-ring (bicyclic) bond motifs is 3. The summed E-state index contributed by atoms with van der Waals surface area (Å²) in [5, 5.41) is 34.2. The molecule has 3 saturated heterocycles. The standard InChI is InChI=1S/C43H68INO12/c1-10-13-30-19-25(2)18-26(3)20-35(53-7)39-36(54-8)21-28(5)43(52,57-39)40(49)41(50)45-17-12-11-14-31(45)42(51)56-38(29(6)33(47)22-34(30)48)27(4)23-44-16-15-32(46)37(24-44)55-9/h10,19,23,26,28-33,35-39,46-47,52H,1,11-18,20-22,24H2,2-9H3/b25-19+,27-23+/t26-,28+,29+,30+,31-,32+,33-,35-,36-,37+,38+,39+,43+/m0/s1. The Morgan fingerprint density at radius 3 is 2.30 bits per heavy atom. The second kappa shape index (κ2) is 21.5. The van der Waals surface area contributed by atoms with Crippen LogP contribution in [0.25, 0.3) is 0 Å². The molecule has 0 unspecified atom stereocenters. The molecular weight excluding hydrogens is 849 g/mol. The summed E-state index contributed by atoms with van der Waals surface area (Å²) in [7, 11) is 4.64. The Labute approximate surface area is 346 Å². The minimum atomic E-state index is -2.51. The van der Waals surface area contributed by atoms with Crippen molar-refractivity contribution in [2.45, 2.75) is 147 Å². The number of nitrogens with zero attached hydrogens (tertiary/aromatic N) is 1. The van der Waals surface area contributed by atoms with Crippen LogP contribution in [-0.2, 0) is 42.9 Å². The van der Waals surface area contributed by atoms with E-state index in [0.717, 1.165) is 15.6 Å². The Morgan fingerprint density at radius 1 is 0.982 bits per heavy atom. The predicted octanol–water partition coefficient (Wildman–Crippen LogP) is 4.71. The number of methoxy groups -OCH3 is 3. The molecular formula is C43H68INO12. The summed E-state index contributed by atoms with van der Waals surface area (Å²) in [6.07, 6.45) is 2.03. The minimum absolute atomic E-state index is 0.0136. The number of hydrogen-bond donors (Lipinski definition) is 3. The van der Waals surface area contributed by atoms with Crippen LogP contribution in [0.5, 0.6) is 0 Å². The number of esters is 1. The molecule has 57 heavy (non-hydrogen) atoms. The average molecular weight is 918 g/mol. The fourth-order valence-corrected chi connectivity index (χ4v) is 15.1. The molecule has 3 fully saturated rings. The third-order valence-corrected chi connectivity index (χ3v) is 18.2. The fourth-order valence-electron chi connectivity index (χ4n) is 8.85. The third-order valence-electron chi connectivity index (χ3n) is 12.3. The molecule has 3 N–H and O–H groups in total. The normalized spacial score (nSPS) is 40.3. The van der Waals surface area contributed by atoms with E-state index in [2.05, 4.69) is 10.7 Å². The van der Waals surface area contributed by atoms with Crippen molar-refractivity contribution in [1.29, 1.82) is 0 Å². The van der Waals surface area contributed by atoms with Crippen molar-refractivity contribution in [2.75, 3.05) is 36.7 Å². The van der Waals surface area contributed by atoms with Gasteiger partial charge in [-0.15, -0.1) is 0 Å². The van der Waals surface area contributed by atoms with Gasteiger partial charge in [-0.1, -0.05) is 6.92 Å². The van der Waals surface area contributed by atoms with Crippen LogP contribution >= 0.6 is 19.8 Å². The Bertz CT molecular complexity index is 1490.